The van der Waals surface area contributed by atoms with Crippen molar-refractivity contribution in [3.05, 3.63) is 35.5 Å². The maximum atomic E-state index is 8.88. The molecule has 1 aromatic heterocycles. The molecule has 1 aromatic carbocycles. The summed E-state index contributed by atoms with van der Waals surface area (Å²) >= 11 is 0. The monoisotopic (exact) mass is 249 g/mol. The number of halogens is 1. The summed E-state index contributed by atoms with van der Waals surface area (Å²) in [5.74, 6) is 0. The van der Waals surface area contributed by atoms with Gasteiger partial charge in [-0.3, -0.25) is 0 Å². The Morgan fingerprint density at radius 1 is 1.35 bits per heavy atom. The van der Waals surface area contributed by atoms with E-state index in [0.29, 0.717) is 0 Å². The zero-order chi connectivity index (χ0) is 11.5. The topological polar surface area (TPSA) is 42.8 Å². The van der Waals surface area contributed by atoms with Crippen LogP contribution in [-0.4, -0.2) is 30.5 Å². The van der Waals surface area contributed by atoms with Crippen molar-refractivity contribution in [3.63, 3.8) is 0 Å². The fourth-order valence-electron chi connectivity index (χ4n) is 1.80. The predicted molar refractivity (Wildman–Crippen MR) is 72.5 cm³/mol. The van der Waals surface area contributed by atoms with Crippen LogP contribution in [0.1, 0.15) is 11.1 Å². The van der Waals surface area contributed by atoms with E-state index in [-0.39, 0.29) is 12.4 Å². The molecule has 0 amide bonds. The number of aromatic nitrogens is 1. The second-order valence-corrected chi connectivity index (χ2v) is 4.24. The van der Waals surface area contributed by atoms with Crippen molar-refractivity contribution in [2.75, 3.05) is 20.6 Å². The highest BCUT2D eigenvalue weighted by Crippen LogP contribution is 2.20. The fraction of sp³-hybridized carbons (Fsp3) is 0.308. The summed E-state index contributed by atoms with van der Waals surface area (Å²) in [4.78, 5) is 5.39. The fourth-order valence-corrected chi connectivity index (χ4v) is 1.80. The van der Waals surface area contributed by atoms with Gasteiger partial charge in [-0.2, -0.15) is 5.26 Å². The number of hydrogen-bond donors (Lipinski definition) is 1. The van der Waals surface area contributed by atoms with Crippen LogP contribution in [0.5, 0.6) is 0 Å². The smallest absolute Gasteiger partial charge is 0.0991 e. The van der Waals surface area contributed by atoms with Crippen LogP contribution >= 0.6 is 12.4 Å². The Labute approximate surface area is 107 Å². The van der Waals surface area contributed by atoms with Crippen LogP contribution in [0.4, 0.5) is 0 Å². The average molecular weight is 250 g/mol. The predicted octanol–water partition coefficient (Wildman–Crippen LogP) is 2.57. The third-order valence-corrected chi connectivity index (χ3v) is 2.72. The first-order valence-electron chi connectivity index (χ1n) is 5.35. The lowest BCUT2D eigenvalue weighted by molar-refractivity contribution is 0.414. The largest absolute Gasteiger partial charge is 0.361 e. The number of nitrogens with one attached hydrogen (secondary N) is 1. The Hall–Kier alpha value is -1.50. The maximum Gasteiger partial charge on any atom is 0.0991 e. The number of likely N-dealkylation sites (N-methyl/N-ethyl adjacent to an activating group) is 1. The summed E-state index contributed by atoms with van der Waals surface area (Å²) in [7, 11) is 4.13. The Morgan fingerprint density at radius 3 is 2.76 bits per heavy atom. The standard InChI is InChI=1S/C13H15N3.ClH/c1-16(2)6-5-11-9-15-13-4-3-10(8-14)7-12(11)13;/h3-4,7,9,15H,5-6H2,1-2H3;1H. The minimum Gasteiger partial charge on any atom is -0.361 e. The molecule has 1 heterocycles. The van der Waals surface area contributed by atoms with Gasteiger partial charge in [-0.1, -0.05) is 0 Å². The maximum absolute atomic E-state index is 8.88. The van der Waals surface area contributed by atoms with Crippen molar-refractivity contribution in [1.82, 2.24) is 9.88 Å². The highest BCUT2D eigenvalue weighted by Gasteiger charge is 2.04. The highest BCUT2D eigenvalue weighted by atomic mass is 35.5. The van der Waals surface area contributed by atoms with E-state index >= 15 is 0 Å². The number of rotatable bonds is 3. The van der Waals surface area contributed by atoms with Gasteiger partial charge in [0.05, 0.1) is 11.6 Å². The van der Waals surface area contributed by atoms with Crippen LogP contribution in [0, 0.1) is 11.3 Å². The molecule has 4 heteroatoms. The van der Waals surface area contributed by atoms with Crippen molar-refractivity contribution in [2.45, 2.75) is 6.42 Å². The molecule has 1 N–H and O–H groups in total. The van der Waals surface area contributed by atoms with Gasteiger partial charge < -0.3 is 9.88 Å². The molecule has 3 nitrogen and oxygen atoms in total. The first-order valence-corrected chi connectivity index (χ1v) is 5.35. The van der Waals surface area contributed by atoms with Gasteiger partial charge in [0.2, 0.25) is 0 Å². The molecule has 0 unspecified atom stereocenters. The molecule has 0 saturated heterocycles. The van der Waals surface area contributed by atoms with Gasteiger partial charge in [-0.05, 0) is 44.3 Å². The van der Waals surface area contributed by atoms with E-state index in [2.05, 4.69) is 30.0 Å². The third kappa shape index (κ3) is 3.00. The normalized spacial score (nSPS) is 10.2. The summed E-state index contributed by atoms with van der Waals surface area (Å²) in [5, 5.41) is 10.0. The zero-order valence-corrected chi connectivity index (χ0v) is 10.8. The Morgan fingerprint density at radius 2 is 2.12 bits per heavy atom. The molecule has 0 saturated carbocycles. The molecule has 0 aliphatic carbocycles. The number of hydrogen-bond acceptors (Lipinski definition) is 2. The molecule has 0 aliphatic heterocycles. The number of benzene rings is 1. The molecule has 0 aliphatic rings. The molecule has 2 rings (SSSR count). The quantitative estimate of drug-likeness (QED) is 0.909. The minimum atomic E-state index is 0. The van der Waals surface area contributed by atoms with E-state index in [1.165, 1.54) is 10.9 Å². The van der Waals surface area contributed by atoms with E-state index in [0.717, 1.165) is 24.0 Å². The second-order valence-electron chi connectivity index (χ2n) is 4.24. The van der Waals surface area contributed by atoms with Gasteiger partial charge in [-0.15, -0.1) is 12.4 Å². The van der Waals surface area contributed by atoms with Crippen LogP contribution in [0.2, 0.25) is 0 Å². The van der Waals surface area contributed by atoms with Crippen LogP contribution < -0.4 is 0 Å². The van der Waals surface area contributed by atoms with Crippen molar-refractivity contribution >= 4 is 23.3 Å². The summed E-state index contributed by atoms with van der Waals surface area (Å²) in [6.45, 7) is 1.02. The Bertz CT molecular complexity index is 537. The molecule has 2 aromatic rings. The lowest BCUT2D eigenvalue weighted by Gasteiger charge is -2.08. The molecule has 0 atom stereocenters. The Balaban J connectivity index is 0.00000144. The van der Waals surface area contributed by atoms with Gasteiger partial charge in [0.1, 0.15) is 0 Å². The van der Waals surface area contributed by atoms with E-state index in [4.69, 9.17) is 5.26 Å². The molecular formula is C13H16ClN3. The molecule has 0 fully saturated rings. The highest BCUT2D eigenvalue weighted by molar-refractivity contribution is 5.85. The third-order valence-electron chi connectivity index (χ3n) is 2.72. The minimum absolute atomic E-state index is 0. The van der Waals surface area contributed by atoms with E-state index < -0.39 is 0 Å². The second kappa shape index (κ2) is 5.72. The first kappa shape index (κ1) is 13.6. The Kier molecular flexibility index (Phi) is 4.56. The molecule has 90 valence electrons. The molecule has 0 spiro atoms. The van der Waals surface area contributed by atoms with E-state index in [1.807, 2.05) is 24.4 Å². The van der Waals surface area contributed by atoms with Crippen LogP contribution in [-0.2, 0) is 6.42 Å². The molecular weight excluding hydrogens is 234 g/mol. The van der Waals surface area contributed by atoms with Gasteiger partial charge in [-0.25, -0.2) is 0 Å². The average Bonchev–Trinajstić information content (AvgIpc) is 2.68. The SMILES string of the molecule is CN(C)CCc1c[nH]c2ccc(C#N)cc12.Cl. The van der Waals surface area contributed by atoms with Crippen molar-refractivity contribution in [2.24, 2.45) is 0 Å². The first-order chi connectivity index (χ1) is 7.70. The van der Waals surface area contributed by atoms with Crippen LogP contribution in [0.3, 0.4) is 0 Å². The lowest BCUT2D eigenvalue weighted by Crippen LogP contribution is -2.14. The summed E-state index contributed by atoms with van der Waals surface area (Å²) in [5.41, 5.74) is 3.10. The zero-order valence-electron chi connectivity index (χ0n) is 10.0. The van der Waals surface area contributed by atoms with Crippen LogP contribution in [0.15, 0.2) is 24.4 Å². The number of fused-ring (bicyclic) bond motifs is 1. The molecule has 17 heavy (non-hydrogen) atoms. The number of aromatic amines is 1. The van der Waals surface area contributed by atoms with Crippen molar-refractivity contribution in [1.29, 1.82) is 5.26 Å². The van der Waals surface area contributed by atoms with E-state index in [9.17, 15) is 0 Å². The van der Waals surface area contributed by atoms with Gasteiger partial charge in [0, 0.05) is 23.6 Å². The number of H-pyrrole nitrogens is 1. The van der Waals surface area contributed by atoms with Crippen LogP contribution in [0.25, 0.3) is 10.9 Å². The summed E-state index contributed by atoms with van der Waals surface area (Å²) < 4.78 is 0. The van der Waals surface area contributed by atoms with Crippen molar-refractivity contribution < 1.29 is 0 Å². The van der Waals surface area contributed by atoms with Gasteiger partial charge in [0.25, 0.3) is 0 Å². The molecule has 0 radical (unpaired) electrons. The molecule has 0 bridgehead atoms. The van der Waals surface area contributed by atoms with Gasteiger partial charge >= 0.3 is 0 Å². The van der Waals surface area contributed by atoms with Gasteiger partial charge in [0.15, 0.2) is 0 Å². The summed E-state index contributed by atoms with van der Waals surface area (Å²) in [6.07, 6.45) is 3.04. The summed E-state index contributed by atoms with van der Waals surface area (Å²) in [6, 6.07) is 7.94. The van der Waals surface area contributed by atoms with Crippen molar-refractivity contribution in [3.8, 4) is 6.07 Å². The lowest BCUT2D eigenvalue weighted by atomic mass is 10.1. The number of nitriles is 1. The van der Waals surface area contributed by atoms with E-state index in [1.54, 1.807) is 0 Å². The number of nitrogens with zero attached hydrogens (tertiary/aromatic N) is 2.